The maximum atomic E-state index is 10.3. The molecule has 0 aromatic carbocycles. The number of hydrazone groups is 1. The van der Waals surface area contributed by atoms with Crippen molar-refractivity contribution in [3.8, 4) is 17.3 Å². The molecule has 0 spiro atoms. The van der Waals surface area contributed by atoms with Crippen LogP contribution in [0.1, 0.15) is 40.5 Å². The van der Waals surface area contributed by atoms with Crippen molar-refractivity contribution in [2.24, 2.45) is 5.10 Å². The van der Waals surface area contributed by atoms with Crippen LogP contribution in [0.25, 0.3) is 11.5 Å². The fraction of sp³-hybridized carbons (Fsp3) is 0.500. The van der Waals surface area contributed by atoms with Crippen molar-refractivity contribution in [2.45, 2.75) is 57.7 Å². The predicted octanol–water partition coefficient (Wildman–Crippen LogP) is 2.43. The summed E-state index contributed by atoms with van der Waals surface area (Å²) >= 11 is 0. The van der Waals surface area contributed by atoms with Crippen molar-refractivity contribution in [3.05, 3.63) is 18.5 Å². The first-order valence-corrected chi connectivity index (χ1v) is 9.80. The monoisotopic (exact) mass is 411 g/mol. The van der Waals surface area contributed by atoms with Gasteiger partial charge in [0.2, 0.25) is 5.82 Å². The Morgan fingerprint density at radius 3 is 2.47 bits per heavy atom. The summed E-state index contributed by atoms with van der Waals surface area (Å²) in [6, 6.07) is 1.77. The van der Waals surface area contributed by atoms with Gasteiger partial charge in [0, 0.05) is 36.4 Å². The van der Waals surface area contributed by atoms with E-state index >= 15 is 0 Å². The van der Waals surface area contributed by atoms with E-state index in [1.54, 1.807) is 6.20 Å². The molecule has 1 aliphatic rings. The number of rotatable bonds is 6. The molecule has 160 valence electrons. The summed E-state index contributed by atoms with van der Waals surface area (Å²) in [6.07, 6.45) is 7.43. The van der Waals surface area contributed by atoms with Gasteiger partial charge in [-0.05, 0) is 40.5 Å². The number of hydrogen-bond donors (Lipinski definition) is 4. The molecule has 10 nitrogen and oxygen atoms in total. The van der Waals surface area contributed by atoms with Crippen LogP contribution in [0.2, 0.25) is 0 Å². The number of nitrogens with zero attached hydrogens (tertiary/aromatic N) is 6. The topological polar surface area (TPSA) is 135 Å². The van der Waals surface area contributed by atoms with Crippen molar-refractivity contribution in [1.29, 1.82) is 5.41 Å². The summed E-state index contributed by atoms with van der Waals surface area (Å²) < 4.78 is 0. The zero-order valence-corrected chi connectivity index (χ0v) is 18.0. The molecule has 1 saturated heterocycles. The van der Waals surface area contributed by atoms with Crippen LogP contribution in [0.3, 0.4) is 0 Å². The van der Waals surface area contributed by atoms with Crippen molar-refractivity contribution < 1.29 is 5.11 Å². The quantitative estimate of drug-likeness (QED) is 0.420. The van der Waals surface area contributed by atoms with E-state index in [4.69, 9.17) is 5.41 Å². The third-order valence-corrected chi connectivity index (χ3v) is 5.05. The molecule has 0 amide bonds. The van der Waals surface area contributed by atoms with Gasteiger partial charge in [-0.25, -0.2) is 9.97 Å². The number of pyridine rings is 1. The molecule has 30 heavy (non-hydrogen) atoms. The van der Waals surface area contributed by atoms with Gasteiger partial charge < -0.3 is 20.7 Å². The first kappa shape index (κ1) is 21.6. The maximum Gasteiger partial charge on any atom is 0.204 e. The fourth-order valence-corrected chi connectivity index (χ4v) is 4.10. The van der Waals surface area contributed by atoms with Gasteiger partial charge in [-0.2, -0.15) is 5.10 Å². The molecule has 2 aromatic heterocycles. The zero-order valence-electron chi connectivity index (χ0n) is 18.0. The first-order valence-electron chi connectivity index (χ1n) is 9.80. The van der Waals surface area contributed by atoms with Gasteiger partial charge >= 0.3 is 0 Å². The minimum Gasteiger partial charge on any atom is -0.505 e. The van der Waals surface area contributed by atoms with Crippen LogP contribution in [0.15, 0.2) is 23.6 Å². The Labute approximate surface area is 176 Å². The van der Waals surface area contributed by atoms with Crippen LogP contribution in [-0.2, 0) is 0 Å². The van der Waals surface area contributed by atoms with E-state index in [-0.39, 0.29) is 28.3 Å². The molecule has 0 saturated carbocycles. The van der Waals surface area contributed by atoms with E-state index in [2.05, 4.69) is 68.6 Å². The number of aromatic hydroxyl groups is 1. The lowest BCUT2D eigenvalue weighted by molar-refractivity contribution is 0.160. The molecule has 0 bridgehead atoms. The lowest BCUT2D eigenvalue weighted by Gasteiger charge is -2.49. The van der Waals surface area contributed by atoms with Gasteiger partial charge in [-0.3, -0.25) is 5.43 Å². The number of hydrogen-bond acceptors (Lipinski definition) is 10. The zero-order chi connectivity index (χ0) is 21.9. The van der Waals surface area contributed by atoms with Crippen LogP contribution in [0, 0.1) is 5.41 Å². The Hall–Kier alpha value is -3.14. The molecule has 1 fully saturated rings. The summed E-state index contributed by atoms with van der Waals surface area (Å²) in [6.45, 7) is 8.85. The maximum absolute atomic E-state index is 10.3. The molecule has 3 heterocycles. The SMILES string of the molecule is CN(c1cnc(-c2ncc(N/N=C\C=N)cc2O)nn1)C1CC(C)(C)NC(C)(C)C1. The van der Waals surface area contributed by atoms with Gasteiger partial charge in [0.15, 0.2) is 11.5 Å². The second-order valence-corrected chi connectivity index (χ2v) is 8.85. The molecule has 1 aliphatic heterocycles. The highest BCUT2D eigenvalue weighted by Gasteiger charge is 2.39. The third-order valence-electron chi connectivity index (χ3n) is 5.05. The van der Waals surface area contributed by atoms with E-state index in [0.717, 1.165) is 19.1 Å². The molecule has 0 aliphatic carbocycles. The number of aromatic nitrogens is 4. The Balaban J connectivity index is 1.76. The Bertz CT molecular complexity index is 908. The molecule has 4 N–H and O–H groups in total. The van der Waals surface area contributed by atoms with E-state index in [0.29, 0.717) is 17.5 Å². The predicted molar refractivity (Wildman–Crippen MR) is 118 cm³/mol. The van der Waals surface area contributed by atoms with Crippen LogP contribution < -0.4 is 15.6 Å². The summed E-state index contributed by atoms with van der Waals surface area (Å²) in [5.74, 6) is 0.830. The molecule has 0 radical (unpaired) electrons. The van der Waals surface area contributed by atoms with Gasteiger partial charge in [-0.1, -0.05) is 0 Å². The molecular weight excluding hydrogens is 382 g/mol. The van der Waals surface area contributed by atoms with Gasteiger partial charge in [0.25, 0.3) is 0 Å². The summed E-state index contributed by atoms with van der Waals surface area (Å²) in [7, 11) is 2.01. The van der Waals surface area contributed by atoms with E-state index in [1.165, 1.54) is 18.5 Å². The highest BCUT2D eigenvalue weighted by atomic mass is 16.3. The van der Waals surface area contributed by atoms with Gasteiger partial charge in [-0.15, -0.1) is 10.2 Å². The Kier molecular flexibility index (Phi) is 5.97. The summed E-state index contributed by atoms with van der Waals surface area (Å²) in [5, 5.41) is 33.1. The normalized spacial score (nSPS) is 18.3. The second-order valence-electron chi connectivity index (χ2n) is 8.85. The standard InChI is InChI=1S/C20H29N9O/c1-19(2)9-14(10-20(3,4)28-19)29(5)16-12-23-18(27-26-16)17-15(30)8-13(11-22-17)25-24-7-6-21/h6-8,11-12,14,21,25,28,30H,9-10H2,1-5H3/b21-6?,24-7-. The Morgan fingerprint density at radius 2 is 1.90 bits per heavy atom. The van der Waals surface area contributed by atoms with Crippen molar-refractivity contribution >= 4 is 23.9 Å². The number of piperidine rings is 1. The number of anilines is 2. The molecule has 0 atom stereocenters. The average Bonchev–Trinajstić information content (AvgIpc) is 2.65. The van der Waals surface area contributed by atoms with E-state index in [1.807, 2.05) is 7.05 Å². The second kappa shape index (κ2) is 8.31. The smallest absolute Gasteiger partial charge is 0.204 e. The fourth-order valence-electron chi connectivity index (χ4n) is 4.10. The van der Waals surface area contributed by atoms with Crippen LogP contribution in [-0.4, -0.2) is 61.9 Å². The highest BCUT2D eigenvalue weighted by Crippen LogP contribution is 2.33. The average molecular weight is 412 g/mol. The number of nitrogens with one attached hydrogen (secondary N) is 3. The van der Waals surface area contributed by atoms with Crippen molar-refractivity contribution in [3.63, 3.8) is 0 Å². The van der Waals surface area contributed by atoms with Crippen LogP contribution in [0.4, 0.5) is 11.5 Å². The summed E-state index contributed by atoms with van der Waals surface area (Å²) in [4.78, 5) is 10.7. The van der Waals surface area contributed by atoms with Crippen molar-refractivity contribution in [2.75, 3.05) is 17.4 Å². The van der Waals surface area contributed by atoms with Gasteiger partial charge in [0.05, 0.1) is 24.3 Å². The lowest BCUT2D eigenvalue weighted by Crippen LogP contribution is -2.62. The van der Waals surface area contributed by atoms with Gasteiger partial charge in [0.1, 0.15) is 5.75 Å². The first-order chi connectivity index (χ1) is 14.1. The molecule has 0 unspecified atom stereocenters. The highest BCUT2D eigenvalue weighted by molar-refractivity contribution is 6.14. The lowest BCUT2D eigenvalue weighted by atomic mass is 9.79. The minimum absolute atomic E-state index is 0.0235. The molecule has 2 aromatic rings. The largest absolute Gasteiger partial charge is 0.505 e. The van der Waals surface area contributed by atoms with E-state index < -0.39 is 0 Å². The molecule has 10 heteroatoms. The van der Waals surface area contributed by atoms with Crippen LogP contribution in [0.5, 0.6) is 5.75 Å². The van der Waals surface area contributed by atoms with Crippen LogP contribution >= 0.6 is 0 Å². The molecule has 3 rings (SSSR count). The van der Waals surface area contributed by atoms with E-state index in [9.17, 15) is 5.11 Å². The molecular formula is C20H29N9O. The minimum atomic E-state index is -0.0881. The van der Waals surface area contributed by atoms with Crippen molar-refractivity contribution in [1.82, 2.24) is 25.5 Å². The Morgan fingerprint density at radius 1 is 1.20 bits per heavy atom. The third kappa shape index (κ3) is 5.07. The summed E-state index contributed by atoms with van der Waals surface area (Å²) in [5.41, 5.74) is 3.43.